The van der Waals surface area contributed by atoms with Crippen LogP contribution in [0, 0.1) is 5.92 Å². The number of amides is 1. The van der Waals surface area contributed by atoms with Gasteiger partial charge in [-0.15, -0.1) is 0 Å². The smallest absolute Gasteiger partial charge is 0.341 e. The number of nitrogens with one attached hydrogen (secondary N) is 1. The fourth-order valence-electron chi connectivity index (χ4n) is 2.94. The molecule has 2 N–H and O–H groups in total. The normalized spacial score (nSPS) is 16.2. The number of hydrogen-bond acceptors (Lipinski definition) is 3. The minimum absolute atomic E-state index is 0.127. The van der Waals surface area contributed by atoms with E-state index in [2.05, 4.69) is 5.32 Å². The quantitative estimate of drug-likeness (QED) is 0.844. The van der Waals surface area contributed by atoms with Crippen LogP contribution in [0.15, 0.2) is 24.3 Å². The first kappa shape index (κ1) is 17.3. The van der Waals surface area contributed by atoms with Crippen molar-refractivity contribution in [2.45, 2.75) is 51.5 Å². The molecule has 5 nitrogen and oxygen atoms in total. The monoisotopic (exact) mass is 319 g/mol. The fraction of sp³-hybridized carbons (Fsp3) is 0.556. The van der Waals surface area contributed by atoms with Crippen LogP contribution in [0.5, 0.6) is 5.75 Å². The fourth-order valence-corrected chi connectivity index (χ4v) is 2.94. The predicted molar refractivity (Wildman–Crippen MR) is 87.2 cm³/mol. The Labute approximate surface area is 137 Å². The number of aliphatic carboxylic acids is 1. The third kappa shape index (κ3) is 6.30. The van der Waals surface area contributed by atoms with Crippen molar-refractivity contribution < 1.29 is 19.4 Å². The molecule has 0 heterocycles. The average Bonchev–Trinajstić information content (AvgIpc) is 2.51. The average molecular weight is 319 g/mol. The molecular weight excluding hydrogens is 294 g/mol. The van der Waals surface area contributed by atoms with Crippen LogP contribution < -0.4 is 10.1 Å². The maximum atomic E-state index is 12.3. The molecule has 0 unspecified atom stereocenters. The van der Waals surface area contributed by atoms with Crippen molar-refractivity contribution in [1.82, 2.24) is 5.32 Å². The number of carboxylic acids is 1. The second kappa shape index (κ2) is 9.18. The second-order valence-corrected chi connectivity index (χ2v) is 6.09. The van der Waals surface area contributed by atoms with Crippen LogP contribution in [-0.4, -0.2) is 23.6 Å². The van der Waals surface area contributed by atoms with Gasteiger partial charge < -0.3 is 15.2 Å². The van der Waals surface area contributed by atoms with Crippen LogP contribution in [0.25, 0.3) is 0 Å². The molecule has 1 aromatic carbocycles. The molecule has 1 amide bonds. The van der Waals surface area contributed by atoms with Gasteiger partial charge in [0.05, 0.1) is 0 Å². The molecule has 0 atom stereocenters. The molecule has 0 aliphatic heterocycles. The van der Waals surface area contributed by atoms with Crippen molar-refractivity contribution in [3.8, 4) is 5.75 Å². The first-order chi connectivity index (χ1) is 11.1. The SMILES string of the molecule is O=C(O)COc1cccc(CNC(=O)C2CCCCCCC2)c1. The van der Waals surface area contributed by atoms with Gasteiger partial charge in [-0.2, -0.15) is 0 Å². The van der Waals surface area contributed by atoms with Crippen molar-refractivity contribution in [3.05, 3.63) is 29.8 Å². The Morgan fingerprint density at radius 1 is 1.13 bits per heavy atom. The summed E-state index contributed by atoms with van der Waals surface area (Å²) in [5.41, 5.74) is 0.909. The van der Waals surface area contributed by atoms with Gasteiger partial charge in [0.1, 0.15) is 5.75 Å². The molecule has 1 fully saturated rings. The number of benzene rings is 1. The summed E-state index contributed by atoms with van der Waals surface area (Å²) in [6.45, 7) is 0.0808. The Bertz CT molecular complexity index is 522. The summed E-state index contributed by atoms with van der Waals surface area (Å²) in [7, 11) is 0. The van der Waals surface area contributed by atoms with E-state index in [1.165, 1.54) is 19.3 Å². The highest BCUT2D eigenvalue weighted by atomic mass is 16.5. The van der Waals surface area contributed by atoms with Gasteiger partial charge in [-0.3, -0.25) is 4.79 Å². The van der Waals surface area contributed by atoms with Crippen LogP contribution in [-0.2, 0) is 16.1 Å². The van der Waals surface area contributed by atoms with Gasteiger partial charge in [0.2, 0.25) is 5.91 Å². The lowest BCUT2D eigenvalue weighted by atomic mass is 9.90. The van der Waals surface area contributed by atoms with Crippen molar-refractivity contribution in [2.75, 3.05) is 6.61 Å². The summed E-state index contributed by atoms with van der Waals surface area (Å²) in [6, 6.07) is 7.17. The summed E-state index contributed by atoms with van der Waals surface area (Å²) in [5.74, 6) is -0.247. The Hall–Kier alpha value is -2.04. The van der Waals surface area contributed by atoms with Crippen molar-refractivity contribution in [3.63, 3.8) is 0 Å². The molecule has 0 saturated heterocycles. The molecule has 0 radical (unpaired) electrons. The van der Waals surface area contributed by atoms with Crippen LogP contribution in [0.2, 0.25) is 0 Å². The predicted octanol–water partition coefficient (Wildman–Crippen LogP) is 3.13. The third-order valence-corrected chi connectivity index (χ3v) is 4.20. The molecule has 0 bridgehead atoms. The Morgan fingerprint density at radius 3 is 2.52 bits per heavy atom. The van der Waals surface area contributed by atoms with Crippen molar-refractivity contribution in [1.29, 1.82) is 0 Å². The maximum absolute atomic E-state index is 12.3. The van der Waals surface area contributed by atoms with E-state index in [4.69, 9.17) is 9.84 Å². The first-order valence-corrected chi connectivity index (χ1v) is 8.36. The van der Waals surface area contributed by atoms with E-state index in [0.29, 0.717) is 12.3 Å². The summed E-state index contributed by atoms with van der Waals surface area (Å²) < 4.78 is 5.15. The maximum Gasteiger partial charge on any atom is 0.341 e. The van der Waals surface area contributed by atoms with E-state index in [0.717, 1.165) is 31.2 Å². The number of carbonyl (C=O) groups is 2. The lowest BCUT2D eigenvalue weighted by Crippen LogP contribution is -2.30. The van der Waals surface area contributed by atoms with Gasteiger partial charge in [-0.25, -0.2) is 4.79 Å². The topological polar surface area (TPSA) is 75.6 Å². The molecule has 1 aliphatic carbocycles. The molecule has 0 aromatic heterocycles. The zero-order valence-corrected chi connectivity index (χ0v) is 13.4. The van der Waals surface area contributed by atoms with Crippen LogP contribution in [0.1, 0.15) is 50.5 Å². The molecule has 2 rings (SSSR count). The minimum Gasteiger partial charge on any atom is -0.482 e. The summed E-state index contributed by atoms with van der Waals surface area (Å²) >= 11 is 0. The lowest BCUT2D eigenvalue weighted by Gasteiger charge is -2.19. The van der Waals surface area contributed by atoms with Gasteiger partial charge in [-0.05, 0) is 30.5 Å². The van der Waals surface area contributed by atoms with Gasteiger partial charge in [0.15, 0.2) is 6.61 Å². The lowest BCUT2D eigenvalue weighted by molar-refractivity contribution is -0.139. The largest absolute Gasteiger partial charge is 0.482 e. The van der Waals surface area contributed by atoms with Gasteiger partial charge >= 0.3 is 5.97 Å². The van der Waals surface area contributed by atoms with Crippen molar-refractivity contribution in [2.24, 2.45) is 5.92 Å². The number of carboxylic acid groups (broad SMARTS) is 1. The van der Waals surface area contributed by atoms with E-state index in [1.807, 2.05) is 6.07 Å². The highest BCUT2D eigenvalue weighted by Crippen LogP contribution is 2.22. The summed E-state index contributed by atoms with van der Waals surface area (Å²) in [6.07, 6.45) is 7.98. The summed E-state index contributed by atoms with van der Waals surface area (Å²) in [5, 5.41) is 11.6. The van der Waals surface area contributed by atoms with E-state index in [9.17, 15) is 9.59 Å². The van der Waals surface area contributed by atoms with Crippen LogP contribution >= 0.6 is 0 Å². The highest BCUT2D eigenvalue weighted by molar-refractivity contribution is 5.78. The van der Waals surface area contributed by atoms with E-state index in [1.54, 1.807) is 18.2 Å². The molecule has 1 aliphatic rings. The van der Waals surface area contributed by atoms with E-state index >= 15 is 0 Å². The molecule has 126 valence electrons. The Morgan fingerprint density at radius 2 is 1.83 bits per heavy atom. The van der Waals surface area contributed by atoms with E-state index < -0.39 is 5.97 Å². The number of hydrogen-bond donors (Lipinski definition) is 2. The second-order valence-electron chi connectivity index (χ2n) is 6.09. The van der Waals surface area contributed by atoms with Gasteiger partial charge in [0, 0.05) is 12.5 Å². The standard InChI is InChI=1S/C18H25NO4/c20-17(21)13-23-16-10-6-7-14(11-16)12-19-18(22)15-8-4-2-1-3-5-9-15/h6-7,10-11,15H,1-5,8-9,12-13H2,(H,19,22)(H,20,21). The zero-order chi connectivity index (χ0) is 16.5. The number of rotatable bonds is 6. The Balaban J connectivity index is 1.83. The van der Waals surface area contributed by atoms with Gasteiger partial charge in [0.25, 0.3) is 0 Å². The number of carbonyl (C=O) groups excluding carboxylic acids is 1. The van der Waals surface area contributed by atoms with E-state index in [-0.39, 0.29) is 18.4 Å². The zero-order valence-electron chi connectivity index (χ0n) is 13.4. The molecular formula is C18H25NO4. The molecule has 1 saturated carbocycles. The highest BCUT2D eigenvalue weighted by Gasteiger charge is 2.18. The first-order valence-electron chi connectivity index (χ1n) is 8.36. The third-order valence-electron chi connectivity index (χ3n) is 4.20. The van der Waals surface area contributed by atoms with Crippen molar-refractivity contribution >= 4 is 11.9 Å². The van der Waals surface area contributed by atoms with Gasteiger partial charge in [-0.1, -0.05) is 44.2 Å². The summed E-state index contributed by atoms with van der Waals surface area (Å²) in [4.78, 5) is 22.8. The molecule has 23 heavy (non-hydrogen) atoms. The number of ether oxygens (including phenoxy) is 1. The molecule has 5 heteroatoms. The van der Waals surface area contributed by atoms with Crippen LogP contribution in [0.3, 0.4) is 0 Å². The Kier molecular flexibility index (Phi) is 6.91. The molecule has 0 spiro atoms. The minimum atomic E-state index is -1.01. The van der Waals surface area contributed by atoms with Crippen LogP contribution in [0.4, 0.5) is 0 Å². The molecule has 1 aromatic rings.